The average molecular weight is 313 g/mol. The zero-order chi connectivity index (χ0) is 16.0. The molecule has 0 fully saturated rings. The summed E-state index contributed by atoms with van der Waals surface area (Å²) in [5.41, 5.74) is 1.89. The standard InChI is InChI=1S/C15H14F3NO3/c16-15(17,18)10-22-8-12-3-1-11(2-4-12)7-19-14(20)13-5-6-21-9-13/h1-6,9H,7-8,10H2,(H,19,20). The number of ether oxygens (including phenoxy) is 1. The lowest BCUT2D eigenvalue weighted by atomic mass is 10.1. The molecular weight excluding hydrogens is 299 g/mol. The second kappa shape index (κ2) is 7.13. The van der Waals surface area contributed by atoms with Crippen molar-refractivity contribution in [1.29, 1.82) is 0 Å². The molecule has 1 N–H and O–H groups in total. The van der Waals surface area contributed by atoms with Crippen LogP contribution in [-0.2, 0) is 17.9 Å². The highest BCUT2D eigenvalue weighted by atomic mass is 19.4. The number of carbonyl (C=O) groups excluding carboxylic acids is 1. The van der Waals surface area contributed by atoms with Gasteiger partial charge in [-0.2, -0.15) is 13.2 Å². The van der Waals surface area contributed by atoms with Gasteiger partial charge in [0.15, 0.2) is 0 Å². The van der Waals surface area contributed by atoms with Gasteiger partial charge in [0.1, 0.15) is 12.9 Å². The molecule has 0 saturated heterocycles. The third-order valence-corrected chi connectivity index (χ3v) is 2.79. The van der Waals surface area contributed by atoms with Crippen LogP contribution in [0.25, 0.3) is 0 Å². The van der Waals surface area contributed by atoms with Crippen molar-refractivity contribution in [3.63, 3.8) is 0 Å². The lowest BCUT2D eigenvalue weighted by Crippen LogP contribution is -2.22. The Labute approximate surface area is 124 Å². The third kappa shape index (κ3) is 5.25. The molecule has 1 amide bonds. The molecule has 2 rings (SSSR count). The number of carbonyl (C=O) groups is 1. The first-order valence-electron chi connectivity index (χ1n) is 6.47. The summed E-state index contributed by atoms with van der Waals surface area (Å²) >= 11 is 0. The SMILES string of the molecule is O=C(NCc1ccc(COCC(F)(F)F)cc1)c1ccoc1. The van der Waals surface area contributed by atoms with Gasteiger partial charge in [0.2, 0.25) is 0 Å². The Morgan fingerprint density at radius 1 is 1.14 bits per heavy atom. The van der Waals surface area contributed by atoms with E-state index < -0.39 is 12.8 Å². The van der Waals surface area contributed by atoms with E-state index in [1.54, 1.807) is 30.3 Å². The highest BCUT2D eigenvalue weighted by molar-refractivity contribution is 5.93. The van der Waals surface area contributed by atoms with Crippen molar-refractivity contribution < 1.29 is 27.1 Å². The van der Waals surface area contributed by atoms with E-state index in [9.17, 15) is 18.0 Å². The molecule has 1 heterocycles. The summed E-state index contributed by atoms with van der Waals surface area (Å²) in [6.45, 7) is -1.07. The van der Waals surface area contributed by atoms with Crippen molar-refractivity contribution in [1.82, 2.24) is 5.32 Å². The van der Waals surface area contributed by atoms with Crippen LogP contribution in [0, 0.1) is 0 Å². The van der Waals surface area contributed by atoms with Gasteiger partial charge in [0, 0.05) is 6.54 Å². The highest BCUT2D eigenvalue weighted by Crippen LogP contribution is 2.15. The Morgan fingerprint density at radius 2 is 1.82 bits per heavy atom. The minimum Gasteiger partial charge on any atom is -0.472 e. The van der Waals surface area contributed by atoms with Crippen molar-refractivity contribution in [2.75, 3.05) is 6.61 Å². The Bertz CT molecular complexity index is 591. The summed E-state index contributed by atoms with van der Waals surface area (Å²) in [4.78, 5) is 11.7. The van der Waals surface area contributed by atoms with E-state index >= 15 is 0 Å². The molecule has 0 saturated carbocycles. The van der Waals surface area contributed by atoms with Gasteiger partial charge < -0.3 is 14.5 Å². The summed E-state index contributed by atoms with van der Waals surface area (Å²) in [5, 5.41) is 2.70. The molecule has 1 aromatic carbocycles. The topological polar surface area (TPSA) is 51.5 Å². The Kier molecular flexibility index (Phi) is 5.21. The van der Waals surface area contributed by atoms with Gasteiger partial charge in [-0.1, -0.05) is 24.3 Å². The average Bonchev–Trinajstić information content (AvgIpc) is 2.99. The van der Waals surface area contributed by atoms with E-state index in [4.69, 9.17) is 4.42 Å². The van der Waals surface area contributed by atoms with E-state index in [1.807, 2.05) is 0 Å². The van der Waals surface area contributed by atoms with Crippen LogP contribution in [0.4, 0.5) is 13.2 Å². The maximum atomic E-state index is 11.9. The van der Waals surface area contributed by atoms with Crippen LogP contribution in [-0.4, -0.2) is 18.7 Å². The van der Waals surface area contributed by atoms with Gasteiger partial charge in [-0.15, -0.1) is 0 Å². The van der Waals surface area contributed by atoms with Gasteiger partial charge in [-0.3, -0.25) is 4.79 Å². The van der Waals surface area contributed by atoms with Gasteiger partial charge >= 0.3 is 6.18 Å². The van der Waals surface area contributed by atoms with Crippen molar-refractivity contribution in [2.45, 2.75) is 19.3 Å². The van der Waals surface area contributed by atoms with E-state index in [0.29, 0.717) is 17.7 Å². The summed E-state index contributed by atoms with van der Waals surface area (Å²) in [6, 6.07) is 8.33. The highest BCUT2D eigenvalue weighted by Gasteiger charge is 2.27. The molecule has 7 heteroatoms. The quantitative estimate of drug-likeness (QED) is 0.890. The fourth-order valence-electron chi connectivity index (χ4n) is 1.72. The number of nitrogens with one attached hydrogen (secondary N) is 1. The second-order valence-corrected chi connectivity index (χ2v) is 4.62. The largest absolute Gasteiger partial charge is 0.472 e. The molecule has 0 bridgehead atoms. The van der Waals surface area contributed by atoms with Crippen LogP contribution >= 0.6 is 0 Å². The zero-order valence-electron chi connectivity index (χ0n) is 11.5. The van der Waals surface area contributed by atoms with Gasteiger partial charge in [0.05, 0.1) is 18.4 Å². The monoisotopic (exact) mass is 313 g/mol. The molecule has 4 nitrogen and oxygen atoms in total. The molecule has 0 radical (unpaired) electrons. The molecule has 0 atom stereocenters. The Hall–Kier alpha value is -2.28. The minimum absolute atomic E-state index is 0.110. The molecule has 2 aromatic rings. The summed E-state index contributed by atoms with van der Waals surface area (Å²) in [6.07, 6.45) is -1.57. The van der Waals surface area contributed by atoms with Crippen LogP contribution in [0.15, 0.2) is 47.3 Å². The number of alkyl halides is 3. The van der Waals surface area contributed by atoms with Gasteiger partial charge in [0.25, 0.3) is 5.91 Å². The van der Waals surface area contributed by atoms with Crippen molar-refractivity contribution in [3.8, 4) is 0 Å². The molecule has 0 aliphatic heterocycles. The molecule has 22 heavy (non-hydrogen) atoms. The second-order valence-electron chi connectivity index (χ2n) is 4.62. The summed E-state index contributed by atoms with van der Waals surface area (Å²) in [5.74, 6) is -0.258. The Balaban J connectivity index is 1.78. The molecule has 0 unspecified atom stereocenters. The molecule has 0 aliphatic carbocycles. The molecule has 0 aliphatic rings. The third-order valence-electron chi connectivity index (χ3n) is 2.79. The number of furan rings is 1. The van der Waals surface area contributed by atoms with Crippen molar-refractivity contribution in [3.05, 3.63) is 59.5 Å². The molecule has 1 aromatic heterocycles. The van der Waals surface area contributed by atoms with E-state index in [0.717, 1.165) is 5.56 Å². The fourth-order valence-corrected chi connectivity index (χ4v) is 1.72. The minimum atomic E-state index is -4.32. The zero-order valence-corrected chi connectivity index (χ0v) is 11.5. The smallest absolute Gasteiger partial charge is 0.411 e. The molecular formula is C15H14F3NO3. The van der Waals surface area contributed by atoms with Crippen molar-refractivity contribution in [2.24, 2.45) is 0 Å². The van der Waals surface area contributed by atoms with Gasteiger partial charge in [-0.05, 0) is 17.2 Å². The maximum absolute atomic E-state index is 11.9. The molecule has 0 spiro atoms. The first kappa shape index (κ1) is 16.1. The summed E-state index contributed by atoms with van der Waals surface area (Å²) in [7, 11) is 0. The fraction of sp³-hybridized carbons (Fsp3) is 0.267. The Morgan fingerprint density at radius 3 is 2.41 bits per heavy atom. The number of hydrogen-bond donors (Lipinski definition) is 1. The van der Waals surface area contributed by atoms with Crippen LogP contribution in [0.2, 0.25) is 0 Å². The predicted octanol–water partition coefficient (Wildman–Crippen LogP) is 3.29. The summed E-state index contributed by atoms with van der Waals surface area (Å²) < 4.78 is 45.2. The number of hydrogen-bond acceptors (Lipinski definition) is 3. The number of rotatable bonds is 6. The maximum Gasteiger partial charge on any atom is 0.411 e. The predicted molar refractivity (Wildman–Crippen MR) is 72.0 cm³/mol. The van der Waals surface area contributed by atoms with E-state index in [1.165, 1.54) is 12.5 Å². The van der Waals surface area contributed by atoms with Crippen molar-refractivity contribution >= 4 is 5.91 Å². The van der Waals surface area contributed by atoms with Gasteiger partial charge in [-0.25, -0.2) is 0 Å². The number of halogens is 3. The number of benzene rings is 1. The molecule has 118 valence electrons. The van der Waals surface area contributed by atoms with Crippen LogP contribution in [0.5, 0.6) is 0 Å². The van der Waals surface area contributed by atoms with Crippen LogP contribution < -0.4 is 5.32 Å². The lowest BCUT2D eigenvalue weighted by Gasteiger charge is -2.08. The number of amides is 1. The normalized spacial score (nSPS) is 11.4. The first-order valence-corrected chi connectivity index (χ1v) is 6.47. The first-order chi connectivity index (χ1) is 10.4. The van der Waals surface area contributed by atoms with Crippen LogP contribution in [0.1, 0.15) is 21.5 Å². The van der Waals surface area contributed by atoms with E-state index in [-0.39, 0.29) is 12.5 Å². The lowest BCUT2D eigenvalue weighted by molar-refractivity contribution is -0.176. The van der Waals surface area contributed by atoms with E-state index in [2.05, 4.69) is 10.1 Å². The van der Waals surface area contributed by atoms with Crippen LogP contribution in [0.3, 0.4) is 0 Å².